The van der Waals surface area contributed by atoms with Gasteiger partial charge in [-0.25, -0.2) is 0 Å². The second-order valence-electron chi connectivity index (χ2n) is 8.79. The van der Waals surface area contributed by atoms with Gasteiger partial charge < -0.3 is 20.4 Å². The Morgan fingerprint density at radius 3 is 2.40 bits per heavy atom. The first-order valence-corrected chi connectivity index (χ1v) is 9.22. The smallest absolute Gasteiger partial charge is 0.188 e. The topological polar surface area (TPSA) is 98.0 Å². The van der Waals surface area contributed by atoms with Gasteiger partial charge in [0.2, 0.25) is 0 Å². The zero-order chi connectivity index (χ0) is 18.7. The number of hydrogen-bond acceptors (Lipinski definition) is 5. The predicted octanol–water partition coefficient (Wildman–Crippen LogP) is 1.35. The van der Waals surface area contributed by atoms with Crippen LogP contribution < -0.4 is 0 Å². The Bertz CT molecular complexity index is 648. The summed E-state index contributed by atoms with van der Waals surface area (Å²) >= 11 is 0. The van der Waals surface area contributed by atoms with Crippen molar-refractivity contribution in [2.24, 2.45) is 22.7 Å². The molecule has 5 nitrogen and oxygen atoms in total. The van der Waals surface area contributed by atoms with E-state index in [1.165, 1.54) is 0 Å². The molecule has 5 heteroatoms. The molecule has 0 bridgehead atoms. The Morgan fingerprint density at radius 1 is 1.20 bits per heavy atom. The summed E-state index contributed by atoms with van der Waals surface area (Å²) < 4.78 is 0. The highest BCUT2D eigenvalue weighted by Crippen LogP contribution is 2.62. The van der Waals surface area contributed by atoms with Gasteiger partial charge in [-0.05, 0) is 36.7 Å². The molecule has 0 spiro atoms. The van der Waals surface area contributed by atoms with Gasteiger partial charge in [-0.1, -0.05) is 39.3 Å². The molecular weight excluding hydrogens is 320 g/mol. The fraction of sp³-hybridized carbons (Fsp3) is 0.750. The maximum Gasteiger partial charge on any atom is 0.188 e. The highest BCUT2D eigenvalue weighted by atomic mass is 16.3. The second-order valence-corrected chi connectivity index (χ2v) is 8.79. The summed E-state index contributed by atoms with van der Waals surface area (Å²) in [6, 6.07) is 0. The van der Waals surface area contributed by atoms with Crippen LogP contribution in [0.15, 0.2) is 22.8 Å². The number of Topliss-reactive ketones (excluding diaryl/α,β-unsaturated/α-hetero) is 1. The van der Waals surface area contributed by atoms with Crippen LogP contribution in [0.5, 0.6) is 0 Å². The van der Waals surface area contributed by atoms with Crippen molar-refractivity contribution in [3.8, 4) is 0 Å². The van der Waals surface area contributed by atoms with Gasteiger partial charge in [-0.2, -0.15) is 0 Å². The minimum absolute atomic E-state index is 0.00654. The average molecular weight is 350 g/mol. The van der Waals surface area contributed by atoms with Crippen LogP contribution in [0.3, 0.4) is 0 Å². The average Bonchev–Trinajstić information content (AvgIpc) is 2.71. The molecule has 140 valence electrons. The highest BCUT2D eigenvalue weighted by molar-refractivity contribution is 6.04. The fourth-order valence-electron chi connectivity index (χ4n) is 5.36. The number of hydrogen-bond donors (Lipinski definition) is 4. The van der Waals surface area contributed by atoms with Crippen molar-refractivity contribution in [1.29, 1.82) is 0 Å². The maximum absolute atomic E-state index is 12.8. The van der Waals surface area contributed by atoms with Crippen molar-refractivity contribution in [3.05, 3.63) is 22.8 Å². The first-order valence-electron chi connectivity index (χ1n) is 9.22. The molecule has 1 fully saturated rings. The molecule has 0 aromatic heterocycles. The Morgan fingerprint density at radius 2 is 1.84 bits per heavy atom. The molecule has 4 N–H and O–H groups in total. The van der Waals surface area contributed by atoms with Crippen LogP contribution >= 0.6 is 0 Å². The standard InChI is InChI=1S/C20H30O5/c1-10(2)13-14-12-6-5-11(9-21)15(22)17(24)19(12,3)7-8-20(14,4)18(25)16(13)23/h5,10,12,15,17-18,21-22,24-25H,6-9H2,1-4H3/t12-,15-,17+,18+,19-,20-/m1/s1. The maximum atomic E-state index is 12.8. The summed E-state index contributed by atoms with van der Waals surface area (Å²) in [5.74, 6) is -0.339. The van der Waals surface area contributed by atoms with Gasteiger partial charge in [0.1, 0.15) is 12.2 Å². The van der Waals surface area contributed by atoms with Crippen molar-refractivity contribution < 1.29 is 25.2 Å². The molecule has 0 aromatic carbocycles. The number of aliphatic hydroxyl groups is 4. The lowest BCUT2D eigenvalue weighted by atomic mass is 9.53. The first kappa shape index (κ1) is 18.8. The van der Waals surface area contributed by atoms with Crippen LogP contribution in [0.1, 0.15) is 47.0 Å². The molecule has 0 unspecified atom stereocenters. The number of allylic oxidation sites excluding steroid dienone is 1. The van der Waals surface area contributed by atoms with E-state index in [1.807, 2.05) is 27.7 Å². The number of rotatable bonds is 2. The molecule has 0 aliphatic heterocycles. The van der Waals surface area contributed by atoms with E-state index < -0.39 is 29.1 Å². The number of ketones is 1. The van der Waals surface area contributed by atoms with Crippen LogP contribution in [0.25, 0.3) is 0 Å². The third-order valence-electron chi connectivity index (χ3n) is 7.08. The number of carbonyl (C=O) groups is 1. The van der Waals surface area contributed by atoms with E-state index in [0.29, 0.717) is 30.4 Å². The minimum Gasteiger partial charge on any atom is -0.392 e. The largest absolute Gasteiger partial charge is 0.392 e. The van der Waals surface area contributed by atoms with Gasteiger partial charge in [-0.15, -0.1) is 0 Å². The van der Waals surface area contributed by atoms with Gasteiger partial charge in [0.15, 0.2) is 5.78 Å². The Kier molecular flexibility index (Phi) is 4.52. The fourth-order valence-corrected chi connectivity index (χ4v) is 5.36. The van der Waals surface area contributed by atoms with E-state index in [1.54, 1.807) is 6.08 Å². The number of carbonyl (C=O) groups excluding carboxylic acids is 1. The molecule has 1 saturated carbocycles. The van der Waals surface area contributed by atoms with Crippen molar-refractivity contribution >= 4 is 5.78 Å². The number of fused-ring (bicyclic) bond motifs is 3. The number of aliphatic hydroxyl groups excluding tert-OH is 4. The van der Waals surface area contributed by atoms with Crippen molar-refractivity contribution in [3.63, 3.8) is 0 Å². The lowest BCUT2D eigenvalue weighted by Crippen LogP contribution is -2.52. The van der Waals surface area contributed by atoms with Gasteiger partial charge in [-0.3, -0.25) is 4.79 Å². The second kappa shape index (κ2) is 6.02. The summed E-state index contributed by atoms with van der Waals surface area (Å²) in [5, 5.41) is 41.6. The van der Waals surface area contributed by atoms with Gasteiger partial charge in [0, 0.05) is 16.4 Å². The lowest BCUT2D eigenvalue weighted by Gasteiger charge is -2.52. The van der Waals surface area contributed by atoms with Crippen LogP contribution in [-0.2, 0) is 4.79 Å². The molecule has 0 saturated heterocycles. The predicted molar refractivity (Wildman–Crippen MR) is 93.6 cm³/mol. The van der Waals surface area contributed by atoms with Crippen LogP contribution in [0, 0.1) is 22.7 Å². The summed E-state index contributed by atoms with van der Waals surface area (Å²) in [4.78, 5) is 12.8. The Hall–Kier alpha value is -1.01. The third-order valence-corrected chi connectivity index (χ3v) is 7.08. The molecule has 0 radical (unpaired) electrons. The van der Waals surface area contributed by atoms with Crippen molar-refractivity contribution in [1.82, 2.24) is 0 Å². The van der Waals surface area contributed by atoms with E-state index in [4.69, 9.17) is 0 Å². The third kappa shape index (κ3) is 2.40. The summed E-state index contributed by atoms with van der Waals surface area (Å²) in [7, 11) is 0. The molecule has 25 heavy (non-hydrogen) atoms. The van der Waals surface area contributed by atoms with E-state index >= 15 is 0 Å². The van der Waals surface area contributed by atoms with Gasteiger partial charge in [0.25, 0.3) is 0 Å². The monoisotopic (exact) mass is 350 g/mol. The van der Waals surface area contributed by atoms with Crippen LogP contribution in [-0.4, -0.2) is 51.1 Å². The quantitative estimate of drug-likeness (QED) is 0.564. The normalized spacial score (nSPS) is 44.5. The lowest BCUT2D eigenvalue weighted by molar-refractivity contribution is -0.129. The van der Waals surface area contributed by atoms with Crippen LogP contribution in [0.2, 0.25) is 0 Å². The van der Waals surface area contributed by atoms with E-state index in [9.17, 15) is 25.2 Å². The Labute approximate surface area is 149 Å². The molecule has 0 amide bonds. The van der Waals surface area contributed by atoms with E-state index in [2.05, 4.69) is 0 Å². The van der Waals surface area contributed by atoms with Gasteiger partial charge >= 0.3 is 0 Å². The molecule has 3 aliphatic carbocycles. The zero-order valence-corrected chi connectivity index (χ0v) is 15.5. The molecule has 6 atom stereocenters. The molecular formula is C20H30O5. The van der Waals surface area contributed by atoms with Gasteiger partial charge in [0.05, 0.1) is 12.7 Å². The molecule has 3 aliphatic rings. The zero-order valence-electron chi connectivity index (χ0n) is 15.5. The van der Waals surface area contributed by atoms with Crippen molar-refractivity contribution in [2.45, 2.75) is 65.3 Å². The summed E-state index contributed by atoms with van der Waals surface area (Å²) in [6.45, 7) is 7.53. The minimum atomic E-state index is -1.10. The summed E-state index contributed by atoms with van der Waals surface area (Å²) in [5.41, 5.74) is 0.861. The molecule has 0 heterocycles. The van der Waals surface area contributed by atoms with Crippen molar-refractivity contribution in [2.75, 3.05) is 6.61 Å². The van der Waals surface area contributed by atoms with Crippen LogP contribution in [0.4, 0.5) is 0 Å². The first-order chi connectivity index (χ1) is 11.6. The molecule has 0 aromatic rings. The van der Waals surface area contributed by atoms with E-state index in [0.717, 1.165) is 5.57 Å². The summed E-state index contributed by atoms with van der Waals surface area (Å²) in [6.07, 6.45) is 0.397. The van der Waals surface area contributed by atoms with E-state index in [-0.39, 0.29) is 24.2 Å². The SMILES string of the molecule is CC(C)C1=C2[C@H]3CC=C(CO)[C@@H](O)[C@H](O)[C@]3(C)CC[C@@]2(C)[C@@H](O)C1=O. The Balaban J connectivity index is 2.20. The molecule has 3 rings (SSSR count). The highest BCUT2D eigenvalue weighted by Gasteiger charge is 2.61.